The first-order valence-electron chi connectivity index (χ1n) is 7.50. The first kappa shape index (κ1) is 16.9. The molecule has 0 atom stereocenters. The van der Waals surface area contributed by atoms with Crippen molar-refractivity contribution in [3.05, 3.63) is 0 Å². The second-order valence-corrected chi connectivity index (χ2v) is 5.94. The van der Waals surface area contributed by atoms with Crippen molar-refractivity contribution in [1.82, 2.24) is 10.4 Å². The summed E-state index contributed by atoms with van der Waals surface area (Å²) < 4.78 is 0. The number of nitrogens with one attached hydrogen (secondary N) is 1. The van der Waals surface area contributed by atoms with Crippen LogP contribution in [0, 0.1) is 11.3 Å². The normalized spacial score (nSPS) is 21.6. The summed E-state index contributed by atoms with van der Waals surface area (Å²) in [7, 11) is 0. The Morgan fingerprint density at radius 2 is 1.70 bits per heavy atom. The molecule has 0 aromatic carbocycles. The lowest BCUT2D eigenvalue weighted by molar-refractivity contribution is -0.297. The number of carbonyl (C=O) groups is 1. The van der Waals surface area contributed by atoms with E-state index in [2.05, 4.69) is 11.4 Å². The van der Waals surface area contributed by atoms with Crippen molar-refractivity contribution in [3.8, 4) is 6.07 Å². The van der Waals surface area contributed by atoms with Gasteiger partial charge in [-0.3, -0.25) is 9.63 Å². The minimum Gasteiger partial charge on any atom is -0.334 e. The summed E-state index contributed by atoms with van der Waals surface area (Å²) in [6.45, 7) is 11.5. The minimum atomic E-state index is -0.961. The van der Waals surface area contributed by atoms with Crippen LogP contribution in [-0.4, -0.2) is 27.8 Å². The topological polar surface area (TPSA) is 65.4 Å². The van der Waals surface area contributed by atoms with Gasteiger partial charge in [0.1, 0.15) is 11.2 Å². The zero-order chi connectivity index (χ0) is 15.6. The third-order valence-electron chi connectivity index (χ3n) is 4.47. The standard InChI is InChI=1S/C15H27N3O2/c1-7-14(8-2)12(19)17-15(9-3,10-4)18(14)20-13(5,6)11-16/h7-10H2,1-6H3,(H,17,19). The van der Waals surface area contributed by atoms with Crippen LogP contribution in [0.15, 0.2) is 0 Å². The molecular weight excluding hydrogens is 254 g/mol. The van der Waals surface area contributed by atoms with E-state index in [9.17, 15) is 10.1 Å². The second-order valence-electron chi connectivity index (χ2n) is 5.94. The number of carbonyl (C=O) groups excluding carboxylic acids is 1. The van der Waals surface area contributed by atoms with Gasteiger partial charge in [-0.1, -0.05) is 27.7 Å². The van der Waals surface area contributed by atoms with E-state index in [1.807, 2.05) is 27.7 Å². The molecule has 20 heavy (non-hydrogen) atoms. The van der Waals surface area contributed by atoms with Crippen molar-refractivity contribution in [2.24, 2.45) is 0 Å². The van der Waals surface area contributed by atoms with Crippen LogP contribution in [0.5, 0.6) is 0 Å². The van der Waals surface area contributed by atoms with Crippen molar-refractivity contribution in [3.63, 3.8) is 0 Å². The Hall–Kier alpha value is -1.12. The van der Waals surface area contributed by atoms with Crippen LogP contribution in [0.3, 0.4) is 0 Å². The molecule has 1 rings (SSSR count). The summed E-state index contributed by atoms with van der Waals surface area (Å²) in [5, 5.41) is 14.1. The van der Waals surface area contributed by atoms with E-state index in [4.69, 9.17) is 4.84 Å². The first-order chi connectivity index (χ1) is 9.27. The number of nitrogens with zero attached hydrogens (tertiary/aromatic N) is 2. The Morgan fingerprint density at radius 3 is 2.05 bits per heavy atom. The highest BCUT2D eigenvalue weighted by atomic mass is 16.7. The smallest absolute Gasteiger partial charge is 0.244 e. The molecular formula is C15H27N3O2. The van der Waals surface area contributed by atoms with E-state index >= 15 is 0 Å². The minimum absolute atomic E-state index is 0.0000557. The van der Waals surface area contributed by atoms with Gasteiger partial charge in [-0.05, 0) is 39.5 Å². The maximum atomic E-state index is 12.6. The predicted molar refractivity (Wildman–Crippen MR) is 77.4 cm³/mol. The highest BCUT2D eigenvalue weighted by molar-refractivity contribution is 5.89. The van der Waals surface area contributed by atoms with Gasteiger partial charge in [-0.15, -0.1) is 5.06 Å². The average molecular weight is 281 g/mol. The fraction of sp³-hybridized carbons (Fsp3) is 0.867. The molecule has 0 aliphatic carbocycles. The number of rotatable bonds is 6. The number of hydroxylamine groups is 2. The molecule has 0 spiro atoms. The van der Waals surface area contributed by atoms with E-state index in [0.717, 1.165) is 12.8 Å². The molecule has 1 aliphatic rings. The summed E-state index contributed by atoms with van der Waals surface area (Å²) in [5.74, 6) is -0.0000557. The Labute approximate surface area is 122 Å². The second kappa shape index (κ2) is 5.71. The van der Waals surface area contributed by atoms with Gasteiger partial charge in [0.05, 0.1) is 6.07 Å². The van der Waals surface area contributed by atoms with Crippen molar-refractivity contribution in [1.29, 1.82) is 5.26 Å². The lowest BCUT2D eigenvalue weighted by Crippen LogP contribution is -2.58. The zero-order valence-electron chi connectivity index (χ0n) is 13.5. The molecule has 1 heterocycles. The van der Waals surface area contributed by atoms with Gasteiger partial charge in [-0.2, -0.15) is 5.26 Å². The largest absolute Gasteiger partial charge is 0.334 e. The molecule has 0 aromatic heterocycles. The summed E-state index contributed by atoms with van der Waals surface area (Å²) in [6.07, 6.45) is 2.77. The van der Waals surface area contributed by atoms with Gasteiger partial charge < -0.3 is 5.32 Å². The first-order valence-corrected chi connectivity index (χ1v) is 7.50. The fourth-order valence-electron chi connectivity index (χ4n) is 2.88. The van der Waals surface area contributed by atoms with Gasteiger partial charge in [-0.25, -0.2) is 0 Å². The summed E-state index contributed by atoms with van der Waals surface area (Å²) in [4.78, 5) is 18.6. The Morgan fingerprint density at radius 1 is 1.20 bits per heavy atom. The van der Waals surface area contributed by atoms with E-state index in [0.29, 0.717) is 12.8 Å². The van der Waals surface area contributed by atoms with Crippen LogP contribution in [0.2, 0.25) is 0 Å². The van der Waals surface area contributed by atoms with Gasteiger partial charge in [0, 0.05) is 0 Å². The maximum absolute atomic E-state index is 12.6. The van der Waals surface area contributed by atoms with Crippen LogP contribution < -0.4 is 5.32 Å². The highest BCUT2D eigenvalue weighted by Crippen LogP contribution is 2.41. The quantitative estimate of drug-likeness (QED) is 0.813. The van der Waals surface area contributed by atoms with E-state index < -0.39 is 16.8 Å². The third kappa shape index (κ3) is 2.43. The van der Waals surface area contributed by atoms with Crippen LogP contribution >= 0.6 is 0 Å². The lowest BCUT2D eigenvalue weighted by atomic mass is 9.91. The van der Waals surface area contributed by atoms with Gasteiger partial charge in [0.15, 0.2) is 5.60 Å². The molecule has 5 heteroatoms. The highest BCUT2D eigenvalue weighted by Gasteiger charge is 2.59. The molecule has 1 fully saturated rings. The Kier molecular flexibility index (Phi) is 4.83. The van der Waals surface area contributed by atoms with Crippen LogP contribution in [0.25, 0.3) is 0 Å². The van der Waals surface area contributed by atoms with Crippen molar-refractivity contribution >= 4 is 5.91 Å². The fourth-order valence-corrected chi connectivity index (χ4v) is 2.88. The number of nitriles is 1. The van der Waals surface area contributed by atoms with Crippen molar-refractivity contribution < 1.29 is 9.63 Å². The molecule has 0 unspecified atom stereocenters. The molecule has 0 saturated carbocycles. The van der Waals surface area contributed by atoms with Crippen LogP contribution in [-0.2, 0) is 9.63 Å². The Balaban J connectivity index is 3.32. The van der Waals surface area contributed by atoms with Crippen molar-refractivity contribution in [2.45, 2.75) is 84.0 Å². The van der Waals surface area contributed by atoms with Gasteiger partial charge in [0.25, 0.3) is 0 Å². The molecule has 0 radical (unpaired) electrons. The number of hydrogen-bond acceptors (Lipinski definition) is 4. The zero-order valence-corrected chi connectivity index (χ0v) is 13.5. The van der Waals surface area contributed by atoms with Gasteiger partial charge in [0.2, 0.25) is 5.91 Å². The predicted octanol–water partition coefficient (Wildman–Crippen LogP) is 2.73. The summed E-state index contributed by atoms with van der Waals surface area (Å²) in [6, 6.07) is 2.15. The molecule has 114 valence electrons. The maximum Gasteiger partial charge on any atom is 0.244 e. The van der Waals surface area contributed by atoms with E-state index in [1.54, 1.807) is 18.9 Å². The molecule has 1 aliphatic heterocycles. The molecule has 0 aromatic rings. The lowest BCUT2D eigenvalue weighted by Gasteiger charge is -2.44. The third-order valence-corrected chi connectivity index (χ3v) is 4.47. The van der Waals surface area contributed by atoms with E-state index in [1.165, 1.54) is 0 Å². The SMILES string of the molecule is CCC1(CC)NC(=O)C(CC)(CC)N1OC(C)(C)C#N. The number of hydrogen-bond donors (Lipinski definition) is 1. The van der Waals surface area contributed by atoms with Gasteiger partial charge >= 0.3 is 0 Å². The van der Waals surface area contributed by atoms with Crippen LogP contribution in [0.4, 0.5) is 0 Å². The Bertz CT molecular complexity index is 404. The molecule has 1 N–H and O–H groups in total. The van der Waals surface area contributed by atoms with Crippen molar-refractivity contribution in [2.75, 3.05) is 0 Å². The summed E-state index contributed by atoms with van der Waals surface area (Å²) >= 11 is 0. The monoisotopic (exact) mass is 281 g/mol. The number of amides is 1. The van der Waals surface area contributed by atoms with Crippen LogP contribution in [0.1, 0.15) is 67.2 Å². The summed E-state index contributed by atoms with van der Waals surface area (Å²) in [5.41, 5.74) is -2.19. The van der Waals surface area contributed by atoms with E-state index in [-0.39, 0.29) is 5.91 Å². The average Bonchev–Trinajstić information content (AvgIpc) is 2.68. The molecule has 1 saturated heterocycles. The molecule has 5 nitrogen and oxygen atoms in total. The molecule has 1 amide bonds. The molecule has 0 bridgehead atoms.